The van der Waals surface area contributed by atoms with Crippen molar-refractivity contribution in [1.82, 2.24) is 4.90 Å². The number of carbonyl (C=O) groups excluding carboxylic acids is 1. The van der Waals surface area contributed by atoms with Crippen LogP contribution in [-0.2, 0) is 9.53 Å². The van der Waals surface area contributed by atoms with Gasteiger partial charge in [-0.15, -0.1) is 0 Å². The van der Waals surface area contributed by atoms with E-state index >= 15 is 0 Å². The molecule has 2 aromatic carbocycles. The molecule has 0 bridgehead atoms. The molecule has 1 saturated heterocycles. The Morgan fingerprint density at radius 3 is 2.28 bits per heavy atom. The standard InChI is InChI=1S/C19H19NO5/c1-24-16-11-17(19(22)23)20(12-16)18(21)13-7-9-15(10-8-13)25-14-5-3-2-4-6-14/h2-10,16-17H,11-12H2,1H3,(H,22,23). The second kappa shape index (κ2) is 7.36. The molecule has 2 unspecified atom stereocenters. The SMILES string of the molecule is COC1CC(C(=O)O)N(C(=O)c2ccc(Oc3ccccc3)cc2)C1. The van der Waals surface area contributed by atoms with E-state index in [1.807, 2.05) is 30.3 Å². The lowest BCUT2D eigenvalue weighted by Gasteiger charge is -2.21. The summed E-state index contributed by atoms with van der Waals surface area (Å²) in [6.45, 7) is 0.272. The number of aliphatic carboxylic acids is 1. The summed E-state index contributed by atoms with van der Waals surface area (Å²) >= 11 is 0. The first-order valence-electron chi connectivity index (χ1n) is 7.98. The van der Waals surface area contributed by atoms with Gasteiger partial charge in [0, 0.05) is 25.6 Å². The van der Waals surface area contributed by atoms with E-state index in [4.69, 9.17) is 9.47 Å². The molecule has 6 nitrogen and oxygen atoms in total. The maximum atomic E-state index is 12.7. The number of rotatable bonds is 5. The van der Waals surface area contributed by atoms with Gasteiger partial charge in [0.2, 0.25) is 0 Å². The van der Waals surface area contributed by atoms with Gasteiger partial charge in [-0.05, 0) is 36.4 Å². The van der Waals surface area contributed by atoms with Crippen LogP contribution in [0.2, 0.25) is 0 Å². The summed E-state index contributed by atoms with van der Waals surface area (Å²) < 4.78 is 10.9. The van der Waals surface area contributed by atoms with Gasteiger partial charge in [-0.1, -0.05) is 18.2 Å². The van der Waals surface area contributed by atoms with Gasteiger partial charge in [0.25, 0.3) is 5.91 Å². The maximum absolute atomic E-state index is 12.7. The number of ether oxygens (including phenoxy) is 2. The number of carboxylic acid groups (broad SMARTS) is 1. The summed E-state index contributed by atoms with van der Waals surface area (Å²) in [5, 5.41) is 9.33. The number of carbonyl (C=O) groups is 2. The lowest BCUT2D eigenvalue weighted by atomic mass is 10.1. The fourth-order valence-electron chi connectivity index (χ4n) is 2.88. The van der Waals surface area contributed by atoms with Crippen LogP contribution in [-0.4, -0.2) is 47.7 Å². The first-order valence-corrected chi connectivity index (χ1v) is 7.98. The highest BCUT2D eigenvalue weighted by molar-refractivity contribution is 5.97. The summed E-state index contributed by atoms with van der Waals surface area (Å²) in [5.74, 6) is -0.0288. The Kier molecular flexibility index (Phi) is 5.00. The minimum Gasteiger partial charge on any atom is -0.480 e. The van der Waals surface area contributed by atoms with E-state index in [1.165, 1.54) is 12.0 Å². The van der Waals surface area contributed by atoms with Gasteiger partial charge in [0.1, 0.15) is 17.5 Å². The second-order valence-corrected chi connectivity index (χ2v) is 5.84. The van der Waals surface area contributed by atoms with Crippen LogP contribution < -0.4 is 4.74 Å². The number of hydrogen-bond acceptors (Lipinski definition) is 4. The number of hydrogen-bond donors (Lipinski definition) is 1. The van der Waals surface area contributed by atoms with E-state index in [0.717, 1.165) is 0 Å². The third-order valence-corrected chi connectivity index (χ3v) is 4.22. The van der Waals surface area contributed by atoms with Crippen LogP contribution in [0.1, 0.15) is 16.8 Å². The number of likely N-dealkylation sites (tertiary alicyclic amines) is 1. The van der Waals surface area contributed by atoms with Crippen LogP contribution in [0.3, 0.4) is 0 Å². The quantitative estimate of drug-likeness (QED) is 0.905. The lowest BCUT2D eigenvalue weighted by Crippen LogP contribution is -2.40. The average Bonchev–Trinajstić information content (AvgIpc) is 3.07. The van der Waals surface area contributed by atoms with E-state index in [1.54, 1.807) is 24.3 Å². The smallest absolute Gasteiger partial charge is 0.326 e. The molecule has 1 fully saturated rings. The van der Waals surface area contributed by atoms with Gasteiger partial charge in [-0.25, -0.2) is 4.79 Å². The van der Waals surface area contributed by atoms with Crippen molar-refractivity contribution in [2.24, 2.45) is 0 Å². The van der Waals surface area contributed by atoms with Crippen LogP contribution in [0.15, 0.2) is 54.6 Å². The van der Waals surface area contributed by atoms with Crippen molar-refractivity contribution in [1.29, 1.82) is 0 Å². The number of nitrogens with zero attached hydrogens (tertiary/aromatic N) is 1. The minimum absolute atomic E-state index is 0.259. The number of benzene rings is 2. The predicted molar refractivity (Wildman–Crippen MR) is 90.8 cm³/mol. The normalized spacial score (nSPS) is 19.6. The van der Waals surface area contributed by atoms with Gasteiger partial charge < -0.3 is 19.5 Å². The highest BCUT2D eigenvalue weighted by atomic mass is 16.5. The van der Waals surface area contributed by atoms with E-state index in [9.17, 15) is 14.7 Å². The van der Waals surface area contributed by atoms with Gasteiger partial charge in [-0.3, -0.25) is 4.79 Å². The molecule has 0 aromatic heterocycles. The molecule has 3 rings (SSSR count). The highest BCUT2D eigenvalue weighted by Gasteiger charge is 2.40. The summed E-state index contributed by atoms with van der Waals surface area (Å²) in [6, 6.07) is 15.1. The summed E-state index contributed by atoms with van der Waals surface area (Å²) in [4.78, 5) is 25.4. The molecule has 1 amide bonds. The average molecular weight is 341 g/mol. The van der Waals surface area contributed by atoms with Gasteiger partial charge in [0.05, 0.1) is 6.10 Å². The molecule has 1 aliphatic rings. The summed E-state index contributed by atoms with van der Waals surface area (Å²) in [6.07, 6.45) is 0.0398. The Bertz CT molecular complexity index is 744. The first kappa shape index (κ1) is 17.0. The van der Waals surface area contributed by atoms with Crippen molar-refractivity contribution in [3.63, 3.8) is 0 Å². The van der Waals surface area contributed by atoms with Crippen molar-refractivity contribution in [2.75, 3.05) is 13.7 Å². The van der Waals surface area contributed by atoms with Crippen molar-refractivity contribution in [3.8, 4) is 11.5 Å². The van der Waals surface area contributed by atoms with Crippen LogP contribution in [0.25, 0.3) is 0 Å². The fraction of sp³-hybridized carbons (Fsp3) is 0.263. The Balaban J connectivity index is 1.73. The molecular formula is C19H19NO5. The summed E-state index contributed by atoms with van der Waals surface area (Å²) in [5.41, 5.74) is 0.420. The van der Waals surface area contributed by atoms with Crippen molar-refractivity contribution < 1.29 is 24.2 Å². The largest absolute Gasteiger partial charge is 0.480 e. The molecule has 130 valence electrons. The van der Waals surface area contributed by atoms with E-state index < -0.39 is 12.0 Å². The molecule has 1 N–H and O–H groups in total. The molecular weight excluding hydrogens is 322 g/mol. The maximum Gasteiger partial charge on any atom is 0.326 e. The zero-order valence-corrected chi connectivity index (χ0v) is 13.8. The van der Waals surface area contributed by atoms with E-state index in [0.29, 0.717) is 23.5 Å². The summed E-state index contributed by atoms with van der Waals surface area (Å²) in [7, 11) is 1.52. The molecule has 1 heterocycles. The molecule has 2 aromatic rings. The van der Waals surface area contributed by atoms with Crippen LogP contribution in [0, 0.1) is 0 Å². The third-order valence-electron chi connectivity index (χ3n) is 4.22. The third kappa shape index (κ3) is 3.80. The number of para-hydroxylation sites is 1. The molecule has 6 heteroatoms. The Morgan fingerprint density at radius 1 is 1.04 bits per heavy atom. The highest BCUT2D eigenvalue weighted by Crippen LogP contribution is 2.25. The first-order chi connectivity index (χ1) is 12.1. The van der Waals surface area contributed by atoms with E-state index in [-0.39, 0.29) is 18.6 Å². The van der Waals surface area contributed by atoms with Gasteiger partial charge in [0.15, 0.2) is 0 Å². The van der Waals surface area contributed by atoms with Crippen molar-refractivity contribution in [2.45, 2.75) is 18.6 Å². The minimum atomic E-state index is -1.02. The Labute approximate surface area is 145 Å². The van der Waals surface area contributed by atoms with Crippen LogP contribution >= 0.6 is 0 Å². The molecule has 25 heavy (non-hydrogen) atoms. The molecule has 0 saturated carbocycles. The topological polar surface area (TPSA) is 76.1 Å². The number of carboxylic acids is 1. The van der Waals surface area contributed by atoms with Crippen molar-refractivity contribution in [3.05, 3.63) is 60.2 Å². The van der Waals surface area contributed by atoms with Crippen LogP contribution in [0.5, 0.6) is 11.5 Å². The molecule has 0 aliphatic carbocycles. The Hall–Kier alpha value is -2.86. The Morgan fingerprint density at radius 2 is 1.68 bits per heavy atom. The van der Waals surface area contributed by atoms with E-state index in [2.05, 4.69) is 0 Å². The molecule has 0 spiro atoms. The predicted octanol–water partition coefficient (Wildman–Crippen LogP) is 2.79. The number of methoxy groups -OCH3 is 1. The molecule has 2 atom stereocenters. The van der Waals surface area contributed by atoms with Gasteiger partial charge >= 0.3 is 5.97 Å². The van der Waals surface area contributed by atoms with Crippen LogP contribution in [0.4, 0.5) is 0 Å². The second-order valence-electron chi connectivity index (χ2n) is 5.84. The van der Waals surface area contributed by atoms with Gasteiger partial charge in [-0.2, -0.15) is 0 Å². The number of amides is 1. The monoisotopic (exact) mass is 341 g/mol. The van der Waals surface area contributed by atoms with Crippen molar-refractivity contribution >= 4 is 11.9 Å². The fourth-order valence-corrected chi connectivity index (χ4v) is 2.88. The zero-order valence-electron chi connectivity index (χ0n) is 13.8. The molecule has 0 radical (unpaired) electrons. The zero-order chi connectivity index (χ0) is 17.8. The lowest BCUT2D eigenvalue weighted by molar-refractivity contribution is -0.141. The molecule has 1 aliphatic heterocycles.